The van der Waals surface area contributed by atoms with Crippen LogP contribution in [0.1, 0.15) is 49.5 Å². The number of nitrogens with zero attached hydrogens (tertiary/aromatic N) is 3. The minimum Gasteiger partial charge on any atom is -0.350 e. The monoisotopic (exact) mass is 498 g/mol. The molecule has 4 rings (SSSR count). The fraction of sp³-hybridized carbons (Fsp3) is 0.400. The number of carbonyl (C=O) groups is 3. The minimum absolute atomic E-state index is 0.0731. The largest absolute Gasteiger partial charge is 0.350 e. The quantitative estimate of drug-likeness (QED) is 0.631. The second kappa shape index (κ2) is 9.09. The molecule has 2 aromatic carbocycles. The maximum absolute atomic E-state index is 13.3. The standard InChI is InChI=1S/C25H30N4O5S/c1-17(2)27(4)35(33,34)19-11-9-18(10-12-19)15-26-22(30)16-28-24(32)20-7-5-6-8-21(20)29-23(31)13-14-25(28,29)3/h5-12,17H,13-16H2,1-4H3,(H,26,30). The number of fused-ring (bicyclic) bond motifs is 3. The number of hydrogen-bond donors (Lipinski definition) is 1. The first-order valence-corrected chi connectivity index (χ1v) is 13.0. The Bertz CT molecular complexity index is 1280. The molecule has 1 fully saturated rings. The molecule has 0 aliphatic carbocycles. The molecule has 1 atom stereocenters. The van der Waals surface area contributed by atoms with Gasteiger partial charge in [-0.25, -0.2) is 8.42 Å². The summed E-state index contributed by atoms with van der Waals surface area (Å²) in [6.07, 6.45) is 0.747. The maximum Gasteiger partial charge on any atom is 0.258 e. The van der Waals surface area contributed by atoms with E-state index in [1.165, 1.54) is 28.4 Å². The Kier molecular flexibility index (Phi) is 6.46. The summed E-state index contributed by atoms with van der Waals surface area (Å²) < 4.78 is 26.6. The summed E-state index contributed by atoms with van der Waals surface area (Å²) in [6, 6.07) is 13.1. The van der Waals surface area contributed by atoms with Crippen LogP contribution in [-0.4, -0.2) is 60.6 Å². The summed E-state index contributed by atoms with van der Waals surface area (Å²) in [7, 11) is -2.05. The van der Waals surface area contributed by atoms with E-state index in [4.69, 9.17) is 0 Å². The molecule has 0 spiro atoms. The van der Waals surface area contributed by atoms with E-state index in [1.807, 2.05) is 6.92 Å². The molecule has 1 N–H and O–H groups in total. The number of anilines is 1. The molecule has 9 nitrogen and oxygen atoms in total. The molecule has 0 radical (unpaired) electrons. The lowest BCUT2D eigenvalue weighted by molar-refractivity contribution is -0.124. The number of benzene rings is 2. The van der Waals surface area contributed by atoms with Crippen LogP contribution in [0.2, 0.25) is 0 Å². The predicted molar refractivity (Wildman–Crippen MR) is 131 cm³/mol. The van der Waals surface area contributed by atoms with E-state index in [0.717, 1.165) is 5.56 Å². The van der Waals surface area contributed by atoms with Gasteiger partial charge in [-0.3, -0.25) is 19.3 Å². The first-order valence-electron chi connectivity index (χ1n) is 11.5. The average Bonchev–Trinajstić information content (AvgIpc) is 3.15. The van der Waals surface area contributed by atoms with Gasteiger partial charge >= 0.3 is 0 Å². The molecular weight excluding hydrogens is 468 g/mol. The smallest absolute Gasteiger partial charge is 0.258 e. The molecule has 10 heteroatoms. The van der Waals surface area contributed by atoms with Crippen LogP contribution in [-0.2, 0) is 26.2 Å². The Balaban J connectivity index is 1.46. The van der Waals surface area contributed by atoms with Crippen LogP contribution in [0, 0.1) is 0 Å². The second-order valence-corrected chi connectivity index (χ2v) is 11.4. The molecule has 0 bridgehead atoms. The zero-order chi connectivity index (χ0) is 25.5. The first kappa shape index (κ1) is 24.9. The molecule has 2 aromatic rings. The van der Waals surface area contributed by atoms with Crippen molar-refractivity contribution in [3.8, 4) is 0 Å². The van der Waals surface area contributed by atoms with Gasteiger partial charge in [0.25, 0.3) is 5.91 Å². The van der Waals surface area contributed by atoms with Gasteiger partial charge in [0.05, 0.1) is 16.1 Å². The first-order chi connectivity index (χ1) is 16.5. The molecule has 35 heavy (non-hydrogen) atoms. The van der Waals surface area contributed by atoms with Crippen molar-refractivity contribution in [2.45, 2.75) is 56.8 Å². The van der Waals surface area contributed by atoms with Gasteiger partial charge in [0.15, 0.2) is 0 Å². The molecule has 0 saturated carbocycles. The summed E-state index contributed by atoms with van der Waals surface area (Å²) in [5.74, 6) is -0.724. The number of amides is 3. The van der Waals surface area contributed by atoms with Crippen LogP contribution < -0.4 is 10.2 Å². The van der Waals surface area contributed by atoms with E-state index < -0.39 is 15.7 Å². The number of carbonyl (C=O) groups excluding carboxylic acids is 3. The van der Waals surface area contributed by atoms with Gasteiger partial charge in [0, 0.05) is 26.1 Å². The van der Waals surface area contributed by atoms with E-state index in [9.17, 15) is 22.8 Å². The van der Waals surface area contributed by atoms with E-state index in [1.54, 1.807) is 55.1 Å². The van der Waals surface area contributed by atoms with Gasteiger partial charge in [-0.05, 0) is 57.0 Å². The molecule has 186 valence electrons. The van der Waals surface area contributed by atoms with Gasteiger partial charge < -0.3 is 10.2 Å². The zero-order valence-corrected chi connectivity index (χ0v) is 21.1. The van der Waals surface area contributed by atoms with E-state index in [0.29, 0.717) is 24.1 Å². The van der Waals surface area contributed by atoms with Crippen LogP contribution >= 0.6 is 0 Å². The summed E-state index contributed by atoms with van der Waals surface area (Å²) in [4.78, 5) is 42.0. The summed E-state index contributed by atoms with van der Waals surface area (Å²) in [6.45, 7) is 5.39. The van der Waals surface area contributed by atoms with Gasteiger partial charge in [-0.1, -0.05) is 24.3 Å². The summed E-state index contributed by atoms with van der Waals surface area (Å²) in [5.41, 5.74) is 0.801. The molecule has 2 aliphatic heterocycles. The molecule has 0 aromatic heterocycles. The third-order valence-corrected chi connectivity index (χ3v) is 8.91. The highest BCUT2D eigenvalue weighted by atomic mass is 32.2. The Labute approximate surface area is 205 Å². The van der Waals surface area contributed by atoms with Crippen LogP contribution in [0.25, 0.3) is 0 Å². The van der Waals surface area contributed by atoms with Crippen LogP contribution in [0.3, 0.4) is 0 Å². The third-order valence-electron chi connectivity index (χ3n) is 6.86. The lowest BCUT2D eigenvalue weighted by Crippen LogP contribution is -2.63. The molecule has 2 aliphatic rings. The van der Waals surface area contributed by atoms with E-state index in [-0.39, 0.29) is 41.7 Å². The predicted octanol–water partition coefficient (Wildman–Crippen LogP) is 2.33. The fourth-order valence-corrected chi connectivity index (χ4v) is 5.93. The van der Waals surface area contributed by atoms with Gasteiger partial charge in [-0.15, -0.1) is 0 Å². The van der Waals surface area contributed by atoms with Crippen molar-refractivity contribution in [1.29, 1.82) is 0 Å². The van der Waals surface area contributed by atoms with Crippen LogP contribution in [0.15, 0.2) is 53.4 Å². The number of para-hydroxylation sites is 1. The van der Waals surface area contributed by atoms with E-state index >= 15 is 0 Å². The van der Waals surface area contributed by atoms with Crippen LogP contribution in [0.5, 0.6) is 0 Å². The van der Waals surface area contributed by atoms with Crippen molar-refractivity contribution < 1.29 is 22.8 Å². The van der Waals surface area contributed by atoms with Crippen molar-refractivity contribution in [3.05, 3.63) is 59.7 Å². The molecule has 2 heterocycles. The SMILES string of the molecule is CC(C)N(C)S(=O)(=O)c1ccc(CNC(=O)CN2C(=O)c3ccccc3N3C(=O)CCC23C)cc1. The highest BCUT2D eigenvalue weighted by molar-refractivity contribution is 7.89. The molecule has 1 saturated heterocycles. The normalized spacial score (nSPS) is 19.8. The average molecular weight is 499 g/mol. The maximum atomic E-state index is 13.3. The summed E-state index contributed by atoms with van der Waals surface area (Å²) in [5, 5.41) is 2.80. The Morgan fingerprint density at radius 3 is 2.43 bits per heavy atom. The number of nitrogens with one attached hydrogen (secondary N) is 1. The molecule has 3 amide bonds. The van der Waals surface area contributed by atoms with E-state index in [2.05, 4.69) is 5.32 Å². The van der Waals surface area contributed by atoms with Crippen molar-refractivity contribution in [2.75, 3.05) is 18.5 Å². The Morgan fingerprint density at radius 2 is 1.77 bits per heavy atom. The number of hydrogen-bond acceptors (Lipinski definition) is 5. The Hall–Kier alpha value is -3.24. The number of sulfonamides is 1. The fourth-order valence-electron chi connectivity index (χ4n) is 4.56. The highest BCUT2D eigenvalue weighted by Crippen LogP contribution is 2.43. The highest BCUT2D eigenvalue weighted by Gasteiger charge is 2.53. The van der Waals surface area contributed by atoms with Gasteiger partial charge in [0.2, 0.25) is 21.8 Å². The van der Waals surface area contributed by atoms with Crippen molar-refractivity contribution in [1.82, 2.24) is 14.5 Å². The second-order valence-electron chi connectivity index (χ2n) is 9.39. The van der Waals surface area contributed by atoms with Crippen molar-refractivity contribution in [3.63, 3.8) is 0 Å². The zero-order valence-electron chi connectivity index (χ0n) is 20.3. The van der Waals surface area contributed by atoms with Crippen LogP contribution in [0.4, 0.5) is 5.69 Å². The topological polar surface area (TPSA) is 107 Å². The van der Waals surface area contributed by atoms with Gasteiger partial charge in [-0.2, -0.15) is 4.31 Å². The van der Waals surface area contributed by atoms with Crippen molar-refractivity contribution in [2.24, 2.45) is 0 Å². The third kappa shape index (κ3) is 4.32. The number of rotatable bonds is 7. The minimum atomic E-state index is -3.59. The molecular formula is C25H30N4O5S. The van der Waals surface area contributed by atoms with Gasteiger partial charge in [0.1, 0.15) is 12.2 Å². The van der Waals surface area contributed by atoms with Crippen molar-refractivity contribution >= 4 is 33.4 Å². The Morgan fingerprint density at radius 1 is 1.11 bits per heavy atom. The molecule has 1 unspecified atom stereocenters. The summed E-state index contributed by atoms with van der Waals surface area (Å²) >= 11 is 0. The lowest BCUT2D eigenvalue weighted by atomic mass is 9.98. The lowest BCUT2D eigenvalue weighted by Gasteiger charge is -2.48.